The smallest absolute Gasteiger partial charge is 0.292 e. The minimum Gasteiger partial charge on any atom is -0.488 e. The van der Waals surface area contributed by atoms with Crippen molar-refractivity contribution >= 4 is 23.0 Å². The Morgan fingerprint density at radius 2 is 1.94 bits per heavy atom. The lowest BCUT2D eigenvalue weighted by Gasteiger charge is -2.37. The molecule has 0 unspecified atom stereocenters. The van der Waals surface area contributed by atoms with E-state index in [9.17, 15) is 18.9 Å². The molecule has 1 fully saturated rings. The largest absolute Gasteiger partial charge is 0.488 e. The van der Waals surface area contributed by atoms with Crippen LogP contribution >= 0.6 is 0 Å². The topological polar surface area (TPSA) is 67.6 Å². The van der Waals surface area contributed by atoms with Crippen LogP contribution in [-0.4, -0.2) is 36.0 Å². The number of anilines is 1. The van der Waals surface area contributed by atoms with E-state index in [2.05, 4.69) is 10.2 Å². The van der Waals surface area contributed by atoms with Crippen molar-refractivity contribution in [2.75, 3.05) is 25.5 Å². The van der Waals surface area contributed by atoms with Crippen molar-refractivity contribution in [2.45, 2.75) is 12.6 Å². The predicted molar refractivity (Wildman–Crippen MR) is 122 cm³/mol. The molecule has 2 aliphatic rings. The van der Waals surface area contributed by atoms with Gasteiger partial charge in [0.25, 0.3) is 5.69 Å². The van der Waals surface area contributed by atoms with Gasteiger partial charge in [-0.05, 0) is 54.1 Å². The van der Waals surface area contributed by atoms with Crippen LogP contribution < -0.4 is 10.1 Å². The molecule has 6 nitrogen and oxygen atoms in total. The molecule has 8 heteroatoms. The van der Waals surface area contributed by atoms with Crippen molar-refractivity contribution in [2.24, 2.45) is 0 Å². The van der Waals surface area contributed by atoms with Gasteiger partial charge in [-0.2, -0.15) is 0 Å². The van der Waals surface area contributed by atoms with E-state index in [1.807, 2.05) is 7.05 Å². The molecule has 0 radical (unpaired) electrons. The van der Waals surface area contributed by atoms with Gasteiger partial charge in [-0.3, -0.25) is 10.1 Å². The summed E-state index contributed by atoms with van der Waals surface area (Å²) in [6.45, 7) is 1.59. The van der Waals surface area contributed by atoms with Crippen molar-refractivity contribution in [3.05, 3.63) is 98.6 Å². The first kappa shape index (κ1) is 21.1. The molecule has 3 aromatic carbocycles. The molecule has 2 aliphatic heterocycles. The first-order chi connectivity index (χ1) is 15.9. The SMILES string of the molecule is CN1CC(Nc2ccc(/C=C3/c4ccc(F)cc4OCc4c(F)cccc43)cc2[N+](=O)[O-])C1. The summed E-state index contributed by atoms with van der Waals surface area (Å²) in [6, 6.07) is 14.0. The average molecular weight is 449 g/mol. The Morgan fingerprint density at radius 1 is 1.12 bits per heavy atom. The number of benzene rings is 3. The Hall–Kier alpha value is -3.78. The van der Waals surface area contributed by atoms with Gasteiger partial charge >= 0.3 is 0 Å². The van der Waals surface area contributed by atoms with Crippen molar-refractivity contribution < 1.29 is 18.4 Å². The number of rotatable bonds is 4. The molecule has 0 bridgehead atoms. The van der Waals surface area contributed by atoms with Crippen molar-refractivity contribution in [1.82, 2.24) is 4.90 Å². The minimum atomic E-state index is -0.466. The summed E-state index contributed by atoms with van der Waals surface area (Å²) in [5.74, 6) is -0.603. The van der Waals surface area contributed by atoms with Crippen LogP contribution in [0.1, 0.15) is 22.3 Å². The molecule has 0 saturated carbocycles. The highest BCUT2D eigenvalue weighted by Crippen LogP contribution is 2.39. The first-order valence-electron chi connectivity index (χ1n) is 10.5. The molecule has 168 valence electrons. The zero-order valence-electron chi connectivity index (χ0n) is 17.8. The molecule has 2 heterocycles. The summed E-state index contributed by atoms with van der Waals surface area (Å²) >= 11 is 0. The first-order valence-corrected chi connectivity index (χ1v) is 10.5. The van der Waals surface area contributed by atoms with Crippen LogP contribution in [0.2, 0.25) is 0 Å². The number of nitrogens with zero attached hydrogens (tertiary/aromatic N) is 2. The number of nitro groups is 1. The lowest BCUT2D eigenvalue weighted by molar-refractivity contribution is -0.384. The van der Waals surface area contributed by atoms with E-state index in [1.165, 1.54) is 24.3 Å². The zero-order valence-corrected chi connectivity index (χ0v) is 17.8. The summed E-state index contributed by atoms with van der Waals surface area (Å²) in [6.07, 6.45) is 1.75. The van der Waals surface area contributed by atoms with Crippen LogP contribution in [0.4, 0.5) is 20.2 Å². The summed E-state index contributed by atoms with van der Waals surface area (Å²) in [7, 11) is 1.99. The van der Waals surface area contributed by atoms with Gasteiger partial charge in [0.05, 0.1) is 11.0 Å². The van der Waals surface area contributed by atoms with Gasteiger partial charge in [-0.1, -0.05) is 18.2 Å². The van der Waals surface area contributed by atoms with Crippen LogP contribution in [0.3, 0.4) is 0 Å². The Morgan fingerprint density at radius 3 is 2.70 bits per heavy atom. The van der Waals surface area contributed by atoms with E-state index in [0.29, 0.717) is 39.3 Å². The van der Waals surface area contributed by atoms with E-state index in [1.54, 1.807) is 36.4 Å². The van der Waals surface area contributed by atoms with E-state index >= 15 is 0 Å². The number of hydrogen-bond donors (Lipinski definition) is 1. The normalized spacial score (nSPS) is 16.9. The van der Waals surface area contributed by atoms with E-state index < -0.39 is 16.6 Å². The van der Waals surface area contributed by atoms with E-state index in [-0.39, 0.29) is 18.3 Å². The second-order valence-corrected chi connectivity index (χ2v) is 8.35. The lowest BCUT2D eigenvalue weighted by Crippen LogP contribution is -2.52. The molecule has 5 rings (SSSR count). The third kappa shape index (κ3) is 4.05. The lowest BCUT2D eigenvalue weighted by atomic mass is 9.92. The molecule has 0 amide bonds. The maximum absolute atomic E-state index is 14.6. The fourth-order valence-corrected chi connectivity index (χ4v) is 4.33. The Bertz CT molecular complexity index is 1290. The van der Waals surface area contributed by atoms with Gasteiger partial charge in [0.15, 0.2) is 0 Å². The average Bonchev–Trinajstić information content (AvgIpc) is 2.91. The van der Waals surface area contributed by atoms with Crippen LogP contribution in [0.15, 0.2) is 54.6 Å². The summed E-state index contributed by atoms with van der Waals surface area (Å²) in [5, 5.41) is 15.0. The third-order valence-corrected chi connectivity index (χ3v) is 5.97. The number of nitrogens with one attached hydrogen (secondary N) is 1. The number of hydrogen-bond acceptors (Lipinski definition) is 5. The molecule has 1 N–H and O–H groups in total. The molecule has 1 saturated heterocycles. The number of fused-ring (bicyclic) bond motifs is 2. The van der Waals surface area contributed by atoms with Crippen LogP contribution in [0.25, 0.3) is 11.6 Å². The molecule has 0 aliphatic carbocycles. The van der Waals surface area contributed by atoms with Crippen LogP contribution in [0, 0.1) is 21.7 Å². The molecule has 3 aromatic rings. The second kappa shape index (κ2) is 8.29. The highest BCUT2D eigenvalue weighted by Gasteiger charge is 2.26. The summed E-state index contributed by atoms with van der Waals surface area (Å²) in [4.78, 5) is 13.5. The highest BCUT2D eigenvalue weighted by atomic mass is 19.1. The fraction of sp³-hybridized carbons (Fsp3) is 0.200. The predicted octanol–water partition coefficient (Wildman–Crippen LogP) is 5.08. The Kier molecular flexibility index (Phi) is 5.30. The zero-order chi connectivity index (χ0) is 23.1. The van der Waals surface area contributed by atoms with E-state index in [0.717, 1.165) is 13.1 Å². The van der Waals surface area contributed by atoms with Gasteiger partial charge in [0, 0.05) is 36.3 Å². The Balaban J connectivity index is 1.62. The number of ether oxygens (including phenoxy) is 1. The van der Waals surface area contributed by atoms with Crippen LogP contribution in [-0.2, 0) is 6.61 Å². The van der Waals surface area contributed by atoms with Crippen molar-refractivity contribution in [1.29, 1.82) is 0 Å². The maximum atomic E-state index is 14.6. The number of likely N-dealkylation sites (tertiary alicyclic amines) is 1. The van der Waals surface area contributed by atoms with Crippen molar-refractivity contribution in [3.8, 4) is 5.75 Å². The standard InChI is InChI=1S/C25H21F2N3O3/c1-29-12-17(13-29)28-23-8-5-15(10-24(23)30(31)32)9-20-18-3-2-4-22(27)21(18)14-33-25-11-16(26)6-7-19(20)25/h2-11,17,28H,12-14H2,1H3/b20-9+. The Labute approximate surface area is 189 Å². The number of likely N-dealkylation sites (N-methyl/N-ethyl adjacent to an activating group) is 1. The van der Waals surface area contributed by atoms with Gasteiger partial charge in [-0.25, -0.2) is 8.78 Å². The van der Waals surface area contributed by atoms with Gasteiger partial charge in [-0.15, -0.1) is 0 Å². The molecule has 0 aromatic heterocycles. The molecule has 0 spiro atoms. The van der Waals surface area contributed by atoms with Gasteiger partial charge < -0.3 is 15.0 Å². The molecular weight excluding hydrogens is 428 g/mol. The molecule has 0 atom stereocenters. The minimum absolute atomic E-state index is 0.0393. The number of nitro benzene ring substituents is 1. The highest BCUT2D eigenvalue weighted by molar-refractivity contribution is 5.95. The summed E-state index contributed by atoms with van der Waals surface area (Å²) in [5.41, 5.74) is 3.13. The monoisotopic (exact) mass is 449 g/mol. The molecule has 33 heavy (non-hydrogen) atoms. The van der Waals surface area contributed by atoms with Gasteiger partial charge in [0.1, 0.15) is 29.7 Å². The number of halogens is 2. The summed E-state index contributed by atoms with van der Waals surface area (Å²) < 4.78 is 34.2. The third-order valence-electron chi connectivity index (χ3n) is 5.97. The quantitative estimate of drug-likeness (QED) is 0.444. The maximum Gasteiger partial charge on any atom is 0.292 e. The van der Waals surface area contributed by atoms with Crippen molar-refractivity contribution in [3.63, 3.8) is 0 Å². The molecular formula is C25H21F2N3O3. The van der Waals surface area contributed by atoms with Gasteiger partial charge in [0.2, 0.25) is 0 Å². The van der Waals surface area contributed by atoms with E-state index in [4.69, 9.17) is 4.74 Å². The second-order valence-electron chi connectivity index (χ2n) is 8.35. The van der Waals surface area contributed by atoms with Crippen LogP contribution in [0.5, 0.6) is 5.75 Å². The fourth-order valence-electron chi connectivity index (χ4n) is 4.33.